The maximum atomic E-state index is 5.54. The minimum Gasteiger partial charge on any atom is -0.494 e. The molecule has 1 aromatic rings. The van der Waals surface area contributed by atoms with Gasteiger partial charge in [0, 0.05) is 0 Å². The Morgan fingerprint density at radius 1 is 1.29 bits per heavy atom. The van der Waals surface area contributed by atoms with Crippen molar-refractivity contribution in [1.82, 2.24) is 0 Å². The molecule has 1 heteroatoms. The minimum absolute atomic E-state index is 0.793. The van der Waals surface area contributed by atoms with E-state index in [-0.39, 0.29) is 0 Å². The quantitative estimate of drug-likeness (QED) is 0.684. The Hall–Kier alpha value is -1.24. The largest absolute Gasteiger partial charge is 0.494 e. The second kappa shape index (κ2) is 6.25. The summed E-state index contributed by atoms with van der Waals surface area (Å²) < 4.78 is 5.54. The van der Waals surface area contributed by atoms with Crippen LogP contribution in [0.15, 0.2) is 30.3 Å². The van der Waals surface area contributed by atoms with E-state index in [1.54, 1.807) is 0 Å². The van der Waals surface area contributed by atoms with Gasteiger partial charge in [0.2, 0.25) is 0 Å². The standard InChI is InChI=1S/C13H18O/c1-3-5-7-12-8-6-9-13(11-12)14-10-4-2/h5-9,11H,3-4,10H2,1-2H3. The van der Waals surface area contributed by atoms with Crippen molar-refractivity contribution in [2.75, 3.05) is 6.61 Å². The average Bonchev–Trinajstić information content (AvgIpc) is 2.24. The lowest BCUT2D eigenvalue weighted by atomic mass is 10.2. The second-order valence-corrected chi connectivity index (χ2v) is 3.23. The molecule has 0 fully saturated rings. The molecule has 0 N–H and O–H groups in total. The fourth-order valence-corrected chi connectivity index (χ4v) is 1.18. The van der Waals surface area contributed by atoms with Crippen LogP contribution in [-0.2, 0) is 0 Å². The summed E-state index contributed by atoms with van der Waals surface area (Å²) in [4.78, 5) is 0. The van der Waals surface area contributed by atoms with Crippen LogP contribution in [-0.4, -0.2) is 6.61 Å². The van der Waals surface area contributed by atoms with Gasteiger partial charge in [-0.2, -0.15) is 0 Å². The Balaban J connectivity index is 2.63. The van der Waals surface area contributed by atoms with Gasteiger partial charge in [-0.3, -0.25) is 0 Å². The molecule has 0 saturated carbocycles. The van der Waals surface area contributed by atoms with Crippen LogP contribution in [0.25, 0.3) is 6.08 Å². The molecule has 1 aromatic carbocycles. The Bertz CT molecular complexity index is 289. The normalized spacial score (nSPS) is 10.7. The van der Waals surface area contributed by atoms with E-state index < -0.39 is 0 Å². The van der Waals surface area contributed by atoms with Gasteiger partial charge in [-0.05, 0) is 30.5 Å². The molecule has 1 nitrogen and oxygen atoms in total. The highest BCUT2D eigenvalue weighted by atomic mass is 16.5. The molecule has 0 unspecified atom stereocenters. The first-order valence-electron chi connectivity index (χ1n) is 5.26. The number of benzene rings is 1. The topological polar surface area (TPSA) is 9.23 Å². The fraction of sp³-hybridized carbons (Fsp3) is 0.385. The zero-order chi connectivity index (χ0) is 10.2. The first-order chi connectivity index (χ1) is 6.86. The van der Waals surface area contributed by atoms with Crippen molar-refractivity contribution in [2.45, 2.75) is 26.7 Å². The van der Waals surface area contributed by atoms with Crippen molar-refractivity contribution in [3.63, 3.8) is 0 Å². The third kappa shape index (κ3) is 3.65. The van der Waals surface area contributed by atoms with Gasteiger partial charge in [-0.1, -0.05) is 38.1 Å². The van der Waals surface area contributed by atoms with Crippen LogP contribution in [0.1, 0.15) is 32.3 Å². The summed E-state index contributed by atoms with van der Waals surface area (Å²) in [6, 6.07) is 8.19. The number of ether oxygens (including phenoxy) is 1. The van der Waals surface area contributed by atoms with Crippen molar-refractivity contribution in [3.05, 3.63) is 35.9 Å². The molecule has 76 valence electrons. The van der Waals surface area contributed by atoms with Crippen LogP contribution in [0.2, 0.25) is 0 Å². The number of hydrogen-bond acceptors (Lipinski definition) is 1. The summed E-state index contributed by atoms with van der Waals surface area (Å²) in [5, 5.41) is 0. The molecular formula is C13H18O. The lowest BCUT2D eigenvalue weighted by Gasteiger charge is -2.04. The third-order valence-corrected chi connectivity index (χ3v) is 1.88. The van der Waals surface area contributed by atoms with Crippen LogP contribution in [0.5, 0.6) is 5.75 Å². The second-order valence-electron chi connectivity index (χ2n) is 3.23. The smallest absolute Gasteiger partial charge is 0.119 e. The highest BCUT2D eigenvalue weighted by molar-refractivity contribution is 5.51. The monoisotopic (exact) mass is 190 g/mol. The summed E-state index contributed by atoms with van der Waals surface area (Å²) in [5.41, 5.74) is 1.21. The number of hydrogen-bond donors (Lipinski definition) is 0. The van der Waals surface area contributed by atoms with E-state index in [0.717, 1.165) is 25.2 Å². The van der Waals surface area contributed by atoms with E-state index in [2.05, 4.69) is 38.1 Å². The van der Waals surface area contributed by atoms with E-state index in [1.807, 2.05) is 12.1 Å². The van der Waals surface area contributed by atoms with Gasteiger partial charge in [-0.25, -0.2) is 0 Å². The molecule has 0 heterocycles. The third-order valence-electron chi connectivity index (χ3n) is 1.88. The molecule has 0 atom stereocenters. The Labute approximate surface area is 86.4 Å². The van der Waals surface area contributed by atoms with Crippen LogP contribution in [0.4, 0.5) is 0 Å². The fourth-order valence-electron chi connectivity index (χ4n) is 1.18. The van der Waals surface area contributed by atoms with Crippen molar-refractivity contribution in [2.24, 2.45) is 0 Å². The summed E-state index contributed by atoms with van der Waals surface area (Å²) in [7, 11) is 0. The van der Waals surface area contributed by atoms with Gasteiger partial charge < -0.3 is 4.74 Å². The molecule has 0 amide bonds. The first kappa shape index (κ1) is 10.8. The van der Waals surface area contributed by atoms with E-state index in [1.165, 1.54) is 5.56 Å². The first-order valence-corrected chi connectivity index (χ1v) is 5.26. The molecule has 0 aliphatic carbocycles. The van der Waals surface area contributed by atoms with Crippen LogP contribution in [0.3, 0.4) is 0 Å². The van der Waals surface area contributed by atoms with Crippen molar-refractivity contribution < 1.29 is 4.74 Å². The molecule has 0 spiro atoms. The Morgan fingerprint density at radius 2 is 2.14 bits per heavy atom. The maximum Gasteiger partial charge on any atom is 0.119 e. The number of allylic oxidation sites excluding steroid dienone is 1. The van der Waals surface area contributed by atoms with Gasteiger partial charge in [0.15, 0.2) is 0 Å². The van der Waals surface area contributed by atoms with E-state index in [9.17, 15) is 0 Å². The van der Waals surface area contributed by atoms with Crippen molar-refractivity contribution in [3.8, 4) is 5.75 Å². The Kier molecular flexibility index (Phi) is 4.84. The molecule has 1 rings (SSSR count). The molecule has 0 aliphatic rings. The minimum atomic E-state index is 0.793. The van der Waals surface area contributed by atoms with E-state index in [0.29, 0.717) is 0 Å². The average molecular weight is 190 g/mol. The molecule has 0 radical (unpaired) electrons. The van der Waals surface area contributed by atoms with Gasteiger partial charge in [0.1, 0.15) is 5.75 Å². The molecule has 0 aromatic heterocycles. The summed E-state index contributed by atoms with van der Waals surface area (Å²) in [5.74, 6) is 0.963. The van der Waals surface area contributed by atoms with Gasteiger partial charge in [0.05, 0.1) is 6.61 Å². The summed E-state index contributed by atoms with van der Waals surface area (Å²) in [6.45, 7) is 5.04. The molecule has 0 aliphatic heterocycles. The van der Waals surface area contributed by atoms with Crippen LogP contribution in [0, 0.1) is 0 Å². The van der Waals surface area contributed by atoms with E-state index in [4.69, 9.17) is 4.74 Å². The predicted octanol–water partition coefficient (Wildman–Crippen LogP) is 3.90. The highest BCUT2D eigenvalue weighted by Crippen LogP contribution is 2.14. The van der Waals surface area contributed by atoms with Crippen molar-refractivity contribution >= 4 is 6.08 Å². The highest BCUT2D eigenvalue weighted by Gasteiger charge is 1.92. The summed E-state index contributed by atoms with van der Waals surface area (Å²) in [6.07, 6.45) is 6.40. The van der Waals surface area contributed by atoms with Gasteiger partial charge >= 0.3 is 0 Å². The Morgan fingerprint density at radius 3 is 2.86 bits per heavy atom. The van der Waals surface area contributed by atoms with E-state index >= 15 is 0 Å². The lowest BCUT2D eigenvalue weighted by Crippen LogP contribution is -1.94. The van der Waals surface area contributed by atoms with Crippen LogP contribution >= 0.6 is 0 Å². The zero-order valence-electron chi connectivity index (χ0n) is 8.99. The summed E-state index contributed by atoms with van der Waals surface area (Å²) >= 11 is 0. The van der Waals surface area contributed by atoms with Gasteiger partial charge in [-0.15, -0.1) is 0 Å². The van der Waals surface area contributed by atoms with Crippen LogP contribution < -0.4 is 4.74 Å². The number of rotatable bonds is 5. The van der Waals surface area contributed by atoms with Crippen molar-refractivity contribution in [1.29, 1.82) is 0 Å². The molecule has 0 saturated heterocycles. The molecule has 14 heavy (non-hydrogen) atoms. The zero-order valence-corrected chi connectivity index (χ0v) is 8.99. The maximum absolute atomic E-state index is 5.54. The molecule has 0 bridgehead atoms. The molecular weight excluding hydrogens is 172 g/mol. The van der Waals surface area contributed by atoms with Gasteiger partial charge in [0.25, 0.3) is 0 Å². The predicted molar refractivity (Wildman–Crippen MR) is 61.6 cm³/mol. The SMILES string of the molecule is CCC=Cc1cccc(OCCC)c1. The lowest BCUT2D eigenvalue weighted by molar-refractivity contribution is 0.317.